The van der Waals surface area contributed by atoms with E-state index in [1.54, 1.807) is 24.3 Å². The molecule has 0 fully saturated rings. The van der Waals surface area contributed by atoms with Gasteiger partial charge < -0.3 is 16.4 Å². The van der Waals surface area contributed by atoms with Gasteiger partial charge >= 0.3 is 0 Å². The summed E-state index contributed by atoms with van der Waals surface area (Å²) in [5.74, 6) is -2.26. The van der Waals surface area contributed by atoms with Crippen LogP contribution in [0.2, 0.25) is 0 Å². The molecule has 0 heterocycles. The second-order valence-electron chi connectivity index (χ2n) is 6.43. The molecule has 3 aromatic carbocycles. The molecule has 30 heavy (non-hydrogen) atoms. The fourth-order valence-electron chi connectivity index (χ4n) is 2.75. The highest BCUT2D eigenvalue weighted by Gasteiger charge is 2.19. The Labute approximate surface area is 170 Å². The number of hydrogen-bond acceptors (Lipinski definition) is 5. The zero-order chi connectivity index (χ0) is 21.8. The van der Waals surface area contributed by atoms with Crippen molar-refractivity contribution in [3.8, 4) is 0 Å². The summed E-state index contributed by atoms with van der Waals surface area (Å²) in [5.41, 5.74) is 5.75. The van der Waals surface area contributed by atoms with Crippen LogP contribution in [-0.2, 0) is 0 Å². The summed E-state index contributed by atoms with van der Waals surface area (Å²) < 4.78 is 14.0. The number of nitrogens with one attached hydrogen (secondary N) is 2. The zero-order valence-corrected chi connectivity index (χ0v) is 15.8. The van der Waals surface area contributed by atoms with Gasteiger partial charge in [-0.25, -0.2) is 4.39 Å². The summed E-state index contributed by atoms with van der Waals surface area (Å²) in [5, 5.41) is 16.9. The first-order valence-electron chi connectivity index (χ1n) is 8.78. The van der Waals surface area contributed by atoms with E-state index in [1.165, 1.54) is 25.1 Å². The number of carbonyl (C=O) groups excluding carboxylic acids is 2. The highest BCUT2D eigenvalue weighted by molar-refractivity contribution is 6.06. The Bertz CT molecular complexity index is 1150. The summed E-state index contributed by atoms with van der Waals surface area (Å²) in [6, 6.07) is 15.0. The zero-order valence-electron chi connectivity index (χ0n) is 15.8. The van der Waals surface area contributed by atoms with E-state index in [-0.39, 0.29) is 33.8 Å². The number of nitro benzene ring substituents is 1. The lowest BCUT2D eigenvalue weighted by Gasteiger charge is -2.12. The maximum atomic E-state index is 14.0. The Morgan fingerprint density at radius 2 is 1.70 bits per heavy atom. The van der Waals surface area contributed by atoms with Crippen molar-refractivity contribution < 1.29 is 18.9 Å². The Kier molecular flexibility index (Phi) is 5.73. The van der Waals surface area contributed by atoms with Gasteiger partial charge in [0.2, 0.25) is 5.91 Å². The van der Waals surface area contributed by atoms with Crippen LogP contribution in [0.25, 0.3) is 0 Å². The Balaban J connectivity index is 1.91. The number of hydrogen-bond donors (Lipinski definition) is 3. The molecule has 0 aliphatic heterocycles. The van der Waals surface area contributed by atoms with E-state index in [2.05, 4.69) is 10.6 Å². The summed E-state index contributed by atoms with van der Waals surface area (Å²) in [7, 11) is 0. The summed E-state index contributed by atoms with van der Waals surface area (Å²) in [4.78, 5) is 34.8. The maximum absolute atomic E-state index is 14.0. The van der Waals surface area contributed by atoms with Gasteiger partial charge in [0.1, 0.15) is 11.5 Å². The van der Waals surface area contributed by atoms with Crippen molar-refractivity contribution in [2.75, 3.05) is 10.6 Å². The number of primary amides is 1. The first-order chi connectivity index (χ1) is 14.3. The molecule has 0 bridgehead atoms. The van der Waals surface area contributed by atoms with Crippen LogP contribution in [-0.4, -0.2) is 16.7 Å². The van der Waals surface area contributed by atoms with Crippen molar-refractivity contribution in [1.82, 2.24) is 0 Å². The molecule has 0 aliphatic carbocycles. The van der Waals surface area contributed by atoms with E-state index in [0.29, 0.717) is 5.69 Å². The van der Waals surface area contributed by atoms with Gasteiger partial charge in [0.25, 0.3) is 11.6 Å². The number of rotatable bonds is 6. The minimum Gasteiger partial charge on any atom is -0.366 e. The van der Waals surface area contributed by atoms with E-state index in [4.69, 9.17) is 5.73 Å². The van der Waals surface area contributed by atoms with Gasteiger partial charge in [0.15, 0.2) is 0 Å². The van der Waals surface area contributed by atoms with Gasteiger partial charge in [-0.05, 0) is 43.3 Å². The third kappa shape index (κ3) is 4.41. The third-order valence-corrected chi connectivity index (χ3v) is 4.39. The van der Waals surface area contributed by atoms with Crippen molar-refractivity contribution in [1.29, 1.82) is 0 Å². The fraction of sp³-hybridized carbons (Fsp3) is 0.0476. The predicted octanol–water partition coefficient (Wildman–Crippen LogP) is 4.14. The predicted molar refractivity (Wildman–Crippen MR) is 110 cm³/mol. The number of anilines is 3. The molecule has 4 N–H and O–H groups in total. The van der Waals surface area contributed by atoms with Gasteiger partial charge in [-0.3, -0.25) is 19.7 Å². The van der Waals surface area contributed by atoms with Gasteiger partial charge in [-0.2, -0.15) is 0 Å². The molecule has 8 nitrogen and oxygen atoms in total. The standard InChI is InChI=1S/C21H17FN4O4/c1-12-16(22)9-14(20(23)27)10-18(12)25-21(28)13-7-8-17(19(11-13)26(29)30)24-15-5-3-2-4-6-15/h2-11,24H,1H3,(H2,23,27)(H,25,28). The Morgan fingerprint density at radius 1 is 1.00 bits per heavy atom. The van der Waals surface area contributed by atoms with Gasteiger partial charge in [0.05, 0.1) is 4.92 Å². The molecule has 0 atom stereocenters. The number of nitrogens with zero attached hydrogens (tertiary/aromatic N) is 1. The van der Waals surface area contributed by atoms with Crippen LogP contribution in [0, 0.1) is 22.9 Å². The molecule has 0 spiro atoms. The molecule has 152 valence electrons. The molecule has 0 aromatic heterocycles. The topological polar surface area (TPSA) is 127 Å². The van der Waals surface area contributed by atoms with Crippen molar-refractivity contribution in [2.24, 2.45) is 5.73 Å². The van der Waals surface area contributed by atoms with Gasteiger partial charge in [-0.15, -0.1) is 0 Å². The second kappa shape index (κ2) is 8.39. The largest absolute Gasteiger partial charge is 0.366 e. The number of para-hydroxylation sites is 1. The fourth-order valence-corrected chi connectivity index (χ4v) is 2.75. The lowest BCUT2D eigenvalue weighted by molar-refractivity contribution is -0.383. The summed E-state index contributed by atoms with van der Waals surface area (Å²) in [6.07, 6.45) is 0. The lowest BCUT2D eigenvalue weighted by atomic mass is 10.1. The SMILES string of the molecule is Cc1c(F)cc(C(N)=O)cc1NC(=O)c1ccc(Nc2ccccc2)c([N+](=O)[O-])c1. The molecule has 0 saturated carbocycles. The minimum absolute atomic E-state index is 0.00963. The van der Waals surface area contributed by atoms with Crippen molar-refractivity contribution in [3.05, 3.63) is 93.3 Å². The van der Waals surface area contributed by atoms with Crippen molar-refractivity contribution in [3.63, 3.8) is 0 Å². The smallest absolute Gasteiger partial charge is 0.293 e. The monoisotopic (exact) mass is 408 g/mol. The molecule has 3 aromatic rings. The van der Waals surface area contributed by atoms with Gasteiger partial charge in [-0.1, -0.05) is 18.2 Å². The number of nitrogens with two attached hydrogens (primary N) is 1. The van der Waals surface area contributed by atoms with Crippen LogP contribution in [0.5, 0.6) is 0 Å². The summed E-state index contributed by atoms with van der Waals surface area (Å²) >= 11 is 0. The molecular formula is C21H17FN4O4. The molecule has 0 radical (unpaired) electrons. The molecular weight excluding hydrogens is 391 g/mol. The quantitative estimate of drug-likeness (QED) is 0.417. The van der Waals surface area contributed by atoms with Gasteiger partial charge in [0, 0.05) is 34.1 Å². The van der Waals surface area contributed by atoms with Crippen LogP contribution in [0.15, 0.2) is 60.7 Å². The second-order valence-corrected chi connectivity index (χ2v) is 6.43. The maximum Gasteiger partial charge on any atom is 0.293 e. The third-order valence-electron chi connectivity index (χ3n) is 4.39. The molecule has 0 unspecified atom stereocenters. The van der Waals surface area contributed by atoms with Crippen molar-refractivity contribution >= 4 is 34.6 Å². The molecule has 0 saturated heterocycles. The average molecular weight is 408 g/mol. The highest BCUT2D eigenvalue weighted by Crippen LogP contribution is 2.29. The number of nitro groups is 1. The van der Waals surface area contributed by atoms with Crippen molar-refractivity contribution in [2.45, 2.75) is 6.92 Å². The minimum atomic E-state index is -0.851. The molecule has 2 amide bonds. The van der Waals surface area contributed by atoms with Crippen LogP contribution in [0.3, 0.4) is 0 Å². The van der Waals surface area contributed by atoms with Crippen LogP contribution in [0.4, 0.5) is 27.1 Å². The Hall–Kier alpha value is -4.27. The van der Waals surface area contributed by atoms with E-state index in [1.807, 2.05) is 6.07 Å². The highest BCUT2D eigenvalue weighted by atomic mass is 19.1. The van der Waals surface area contributed by atoms with E-state index in [9.17, 15) is 24.1 Å². The van der Waals surface area contributed by atoms with E-state index in [0.717, 1.165) is 12.1 Å². The van der Waals surface area contributed by atoms with E-state index < -0.39 is 22.6 Å². The molecule has 9 heteroatoms. The average Bonchev–Trinajstić information content (AvgIpc) is 2.71. The number of benzene rings is 3. The lowest BCUT2D eigenvalue weighted by Crippen LogP contribution is -2.16. The van der Waals surface area contributed by atoms with Crippen LogP contribution in [0.1, 0.15) is 26.3 Å². The Morgan fingerprint density at radius 3 is 2.33 bits per heavy atom. The number of carbonyl (C=O) groups is 2. The first kappa shape index (κ1) is 20.5. The molecule has 0 aliphatic rings. The van der Waals surface area contributed by atoms with E-state index >= 15 is 0 Å². The molecule has 3 rings (SSSR count). The first-order valence-corrected chi connectivity index (χ1v) is 8.78. The van der Waals surface area contributed by atoms with Crippen LogP contribution >= 0.6 is 0 Å². The number of halogens is 1. The van der Waals surface area contributed by atoms with Crippen LogP contribution < -0.4 is 16.4 Å². The summed E-state index contributed by atoms with van der Waals surface area (Å²) in [6.45, 7) is 1.42. The number of amides is 2. The normalized spacial score (nSPS) is 10.3.